The van der Waals surface area contributed by atoms with Crippen molar-refractivity contribution >= 4 is 26.0 Å². The van der Waals surface area contributed by atoms with Crippen LogP contribution in [0.5, 0.6) is 0 Å². The van der Waals surface area contributed by atoms with Crippen molar-refractivity contribution in [1.29, 1.82) is 0 Å². The van der Waals surface area contributed by atoms with Gasteiger partial charge in [0.1, 0.15) is 6.54 Å². The summed E-state index contributed by atoms with van der Waals surface area (Å²) >= 11 is 3.13. The van der Waals surface area contributed by atoms with Crippen molar-refractivity contribution in [2.75, 3.05) is 13.1 Å². The van der Waals surface area contributed by atoms with E-state index in [1.54, 1.807) is 13.0 Å². The summed E-state index contributed by atoms with van der Waals surface area (Å²) in [6.07, 6.45) is -4.60. The summed E-state index contributed by atoms with van der Waals surface area (Å²) in [5.74, 6) is 0. The quantitative estimate of drug-likeness (QED) is 0.843. The average molecular weight is 389 g/mol. The Bertz CT molecular complexity index is 618. The van der Waals surface area contributed by atoms with Gasteiger partial charge < -0.3 is 5.73 Å². The molecule has 0 aliphatic carbocycles. The van der Waals surface area contributed by atoms with E-state index in [9.17, 15) is 21.6 Å². The fraction of sp³-hybridized carbons (Fsp3) is 0.500. The minimum atomic E-state index is -4.60. The Morgan fingerprint density at radius 1 is 1.33 bits per heavy atom. The molecule has 0 unspecified atom stereocenters. The summed E-state index contributed by atoms with van der Waals surface area (Å²) < 4.78 is 63.1. The molecule has 1 aromatic carbocycles. The molecule has 0 aliphatic rings. The first-order chi connectivity index (χ1) is 9.52. The lowest BCUT2D eigenvalue weighted by molar-refractivity contribution is -0.135. The fourth-order valence-corrected chi connectivity index (χ4v) is 4.29. The van der Waals surface area contributed by atoms with Crippen LogP contribution in [0.25, 0.3) is 0 Å². The van der Waals surface area contributed by atoms with Crippen molar-refractivity contribution < 1.29 is 21.6 Å². The monoisotopic (exact) mass is 388 g/mol. The van der Waals surface area contributed by atoms with Gasteiger partial charge in [0.2, 0.25) is 10.0 Å². The molecule has 0 fully saturated rings. The third-order valence-corrected chi connectivity index (χ3v) is 6.10. The molecule has 0 atom stereocenters. The molecule has 21 heavy (non-hydrogen) atoms. The van der Waals surface area contributed by atoms with E-state index in [2.05, 4.69) is 15.9 Å². The molecule has 1 rings (SSSR count). The molecule has 120 valence electrons. The molecule has 1 aromatic rings. The Balaban J connectivity index is 3.38. The highest BCUT2D eigenvalue weighted by molar-refractivity contribution is 9.10. The molecule has 0 radical (unpaired) electrons. The van der Waals surface area contributed by atoms with Crippen LogP contribution in [0.1, 0.15) is 18.1 Å². The molecule has 0 saturated heterocycles. The number of nitrogens with zero attached hydrogens (tertiary/aromatic N) is 1. The van der Waals surface area contributed by atoms with E-state index in [0.717, 1.165) is 0 Å². The minimum Gasteiger partial charge on any atom is -0.326 e. The summed E-state index contributed by atoms with van der Waals surface area (Å²) in [4.78, 5) is -0.200. The van der Waals surface area contributed by atoms with Crippen LogP contribution in [0.3, 0.4) is 0 Å². The van der Waals surface area contributed by atoms with Crippen molar-refractivity contribution in [1.82, 2.24) is 4.31 Å². The van der Waals surface area contributed by atoms with Gasteiger partial charge in [0.05, 0.1) is 4.90 Å². The van der Waals surface area contributed by atoms with Crippen LogP contribution in [-0.4, -0.2) is 32.0 Å². The van der Waals surface area contributed by atoms with E-state index in [0.29, 0.717) is 15.4 Å². The second-order valence-corrected chi connectivity index (χ2v) is 7.17. The van der Waals surface area contributed by atoms with E-state index >= 15 is 0 Å². The molecule has 0 spiro atoms. The molecule has 0 amide bonds. The number of aryl methyl sites for hydroxylation is 1. The summed E-state index contributed by atoms with van der Waals surface area (Å²) in [6.45, 7) is 1.31. The summed E-state index contributed by atoms with van der Waals surface area (Å²) in [5, 5.41) is 0. The zero-order chi connectivity index (χ0) is 16.4. The Labute approximate surface area is 130 Å². The van der Waals surface area contributed by atoms with Crippen LogP contribution >= 0.6 is 15.9 Å². The Kier molecular flexibility index (Phi) is 5.82. The molecule has 4 nitrogen and oxygen atoms in total. The zero-order valence-electron chi connectivity index (χ0n) is 11.5. The first-order valence-corrected chi connectivity index (χ1v) is 8.32. The highest BCUT2D eigenvalue weighted by Crippen LogP contribution is 2.31. The first kappa shape index (κ1) is 18.4. The third kappa shape index (κ3) is 4.41. The smallest absolute Gasteiger partial charge is 0.326 e. The highest BCUT2D eigenvalue weighted by atomic mass is 79.9. The van der Waals surface area contributed by atoms with Gasteiger partial charge in [-0.05, 0) is 40.0 Å². The Hall–Kier alpha value is -0.640. The van der Waals surface area contributed by atoms with Crippen LogP contribution in [0.15, 0.2) is 21.5 Å². The van der Waals surface area contributed by atoms with Gasteiger partial charge in [-0.15, -0.1) is 0 Å². The molecular formula is C12H16BrF3N2O2S. The molecule has 9 heteroatoms. The van der Waals surface area contributed by atoms with E-state index in [1.807, 2.05) is 0 Å². The van der Waals surface area contributed by atoms with Crippen molar-refractivity contribution in [2.24, 2.45) is 5.73 Å². The lowest BCUT2D eigenvalue weighted by Crippen LogP contribution is -2.39. The largest absolute Gasteiger partial charge is 0.402 e. The standard InChI is InChI=1S/C12H16BrF3N2O2S/c1-3-18(7-12(14,15)16)21(19,20)10-5-9(6-17)4-8(2)11(10)13/h4-5H,3,6-7,17H2,1-2H3. The number of halogens is 4. The molecule has 0 aliphatic heterocycles. The molecule has 0 heterocycles. The predicted octanol–water partition coefficient (Wildman–Crippen LogP) is 2.79. The maximum absolute atomic E-state index is 12.5. The topological polar surface area (TPSA) is 63.4 Å². The van der Waals surface area contributed by atoms with Gasteiger partial charge in [-0.2, -0.15) is 17.5 Å². The SMILES string of the molecule is CCN(CC(F)(F)F)S(=O)(=O)c1cc(CN)cc(C)c1Br. The van der Waals surface area contributed by atoms with E-state index in [-0.39, 0.29) is 22.5 Å². The number of benzene rings is 1. The summed E-state index contributed by atoms with van der Waals surface area (Å²) in [5.41, 5.74) is 6.62. The van der Waals surface area contributed by atoms with Crippen molar-refractivity contribution in [3.63, 3.8) is 0 Å². The molecule has 0 saturated carbocycles. The first-order valence-electron chi connectivity index (χ1n) is 6.09. The summed E-state index contributed by atoms with van der Waals surface area (Å²) in [6, 6.07) is 2.98. The van der Waals surface area contributed by atoms with Crippen LogP contribution in [0, 0.1) is 6.92 Å². The van der Waals surface area contributed by atoms with Gasteiger partial charge in [-0.25, -0.2) is 8.42 Å². The normalized spacial score (nSPS) is 13.0. The van der Waals surface area contributed by atoms with Gasteiger partial charge in [0, 0.05) is 17.6 Å². The number of hydrogen-bond acceptors (Lipinski definition) is 3. The second-order valence-electron chi connectivity index (χ2n) is 4.48. The summed E-state index contributed by atoms with van der Waals surface area (Å²) in [7, 11) is -4.26. The third-order valence-electron chi connectivity index (χ3n) is 2.84. The zero-order valence-corrected chi connectivity index (χ0v) is 13.9. The predicted molar refractivity (Wildman–Crippen MR) is 77.3 cm³/mol. The maximum atomic E-state index is 12.5. The highest BCUT2D eigenvalue weighted by Gasteiger charge is 2.37. The number of hydrogen-bond donors (Lipinski definition) is 1. The number of sulfonamides is 1. The second kappa shape index (κ2) is 6.64. The maximum Gasteiger partial charge on any atom is 0.402 e. The lowest BCUT2D eigenvalue weighted by Gasteiger charge is -2.23. The minimum absolute atomic E-state index is 0.0992. The van der Waals surface area contributed by atoms with Gasteiger partial charge in [0.15, 0.2) is 0 Å². The van der Waals surface area contributed by atoms with Crippen molar-refractivity contribution in [2.45, 2.75) is 31.5 Å². The fourth-order valence-electron chi connectivity index (χ4n) is 1.82. The van der Waals surface area contributed by atoms with Gasteiger partial charge in [-0.3, -0.25) is 0 Å². The number of rotatable bonds is 5. The average Bonchev–Trinajstić information content (AvgIpc) is 2.37. The van der Waals surface area contributed by atoms with Crippen LogP contribution in [0.2, 0.25) is 0 Å². The molecule has 0 aromatic heterocycles. The van der Waals surface area contributed by atoms with Crippen LogP contribution < -0.4 is 5.73 Å². The van der Waals surface area contributed by atoms with E-state index < -0.39 is 22.7 Å². The molecule has 0 bridgehead atoms. The van der Waals surface area contributed by atoms with Crippen molar-refractivity contribution in [3.8, 4) is 0 Å². The van der Waals surface area contributed by atoms with E-state index in [1.165, 1.54) is 13.0 Å². The lowest BCUT2D eigenvalue weighted by atomic mass is 10.1. The Morgan fingerprint density at radius 3 is 2.33 bits per heavy atom. The van der Waals surface area contributed by atoms with Gasteiger partial charge in [0.25, 0.3) is 0 Å². The van der Waals surface area contributed by atoms with E-state index in [4.69, 9.17) is 5.73 Å². The van der Waals surface area contributed by atoms with Crippen molar-refractivity contribution in [3.05, 3.63) is 27.7 Å². The number of alkyl halides is 3. The van der Waals surface area contributed by atoms with Gasteiger partial charge in [-0.1, -0.05) is 13.0 Å². The molecule has 2 N–H and O–H groups in total. The Morgan fingerprint density at radius 2 is 1.90 bits per heavy atom. The van der Waals surface area contributed by atoms with Crippen LogP contribution in [0.4, 0.5) is 13.2 Å². The van der Waals surface area contributed by atoms with Crippen LogP contribution in [-0.2, 0) is 16.6 Å². The molecular weight excluding hydrogens is 373 g/mol. The number of nitrogens with two attached hydrogens (primary N) is 1. The van der Waals surface area contributed by atoms with Gasteiger partial charge >= 0.3 is 6.18 Å².